The molecule has 1 aromatic carbocycles. The smallest absolute Gasteiger partial charge is 0.433 e. The zero-order valence-electron chi connectivity index (χ0n) is 17.6. The molecule has 0 unspecified atom stereocenters. The van der Waals surface area contributed by atoms with Gasteiger partial charge in [-0.15, -0.1) is 0 Å². The largest absolute Gasteiger partial charge is 0.493 e. The van der Waals surface area contributed by atoms with E-state index in [1.54, 1.807) is 6.20 Å². The maximum Gasteiger partial charge on any atom is 0.433 e. The molecule has 0 radical (unpaired) electrons. The van der Waals surface area contributed by atoms with E-state index in [-0.39, 0.29) is 6.42 Å². The molecule has 3 aromatic rings. The van der Waals surface area contributed by atoms with Crippen molar-refractivity contribution in [1.82, 2.24) is 14.5 Å². The molecule has 0 aliphatic heterocycles. The predicted octanol–water partition coefficient (Wildman–Crippen LogP) is 5.34. The second-order valence-corrected chi connectivity index (χ2v) is 7.40. The molecule has 0 fully saturated rings. The summed E-state index contributed by atoms with van der Waals surface area (Å²) in [5.74, 6) is 0.425. The summed E-state index contributed by atoms with van der Waals surface area (Å²) in [4.78, 5) is 18.5. The number of carboxylic acid groups (broad SMARTS) is 1. The molecule has 1 N–H and O–H groups in total. The highest BCUT2D eigenvalue weighted by atomic mass is 19.4. The summed E-state index contributed by atoms with van der Waals surface area (Å²) in [5, 5.41) is 8.69. The van der Waals surface area contributed by atoms with Crippen LogP contribution in [0.5, 0.6) is 5.75 Å². The molecule has 0 saturated heterocycles. The van der Waals surface area contributed by atoms with E-state index >= 15 is 0 Å². The number of ether oxygens (including phenoxy) is 1. The molecule has 0 saturated carbocycles. The van der Waals surface area contributed by atoms with Crippen LogP contribution in [0.1, 0.15) is 42.6 Å². The van der Waals surface area contributed by atoms with Gasteiger partial charge in [0, 0.05) is 35.6 Å². The highest BCUT2D eigenvalue weighted by molar-refractivity contribution is 5.66. The zero-order valence-corrected chi connectivity index (χ0v) is 17.6. The molecule has 0 amide bonds. The first-order valence-electron chi connectivity index (χ1n) is 10.2. The van der Waals surface area contributed by atoms with Gasteiger partial charge in [0.1, 0.15) is 17.3 Å². The van der Waals surface area contributed by atoms with Gasteiger partial charge in [0.05, 0.1) is 13.2 Å². The van der Waals surface area contributed by atoms with Crippen molar-refractivity contribution < 1.29 is 27.8 Å². The van der Waals surface area contributed by atoms with Crippen molar-refractivity contribution in [2.45, 2.75) is 45.3 Å². The van der Waals surface area contributed by atoms with Gasteiger partial charge < -0.3 is 14.4 Å². The SMILES string of the molecule is Cc1cnc(-c2ccc(C(F)(F)F)nc2)n1Cc1ccccc1OCCCCCC(=O)O. The standard InChI is InChI=1S/C23H24F3N3O3/c1-16-13-28-22(17-10-11-20(27-14-17)23(24,25)26)29(16)15-18-7-4-5-8-19(18)32-12-6-2-3-9-21(30)31/h4-5,7-8,10-11,13-14H,2-3,6,9,12,15H2,1H3,(H,30,31). The molecular formula is C23H24F3N3O3. The van der Waals surface area contributed by atoms with Crippen LogP contribution in [0.25, 0.3) is 11.4 Å². The lowest BCUT2D eigenvalue weighted by Gasteiger charge is -2.15. The van der Waals surface area contributed by atoms with E-state index < -0.39 is 17.8 Å². The zero-order chi connectivity index (χ0) is 23.1. The van der Waals surface area contributed by atoms with E-state index in [2.05, 4.69) is 9.97 Å². The van der Waals surface area contributed by atoms with Crippen LogP contribution in [-0.2, 0) is 17.5 Å². The fourth-order valence-corrected chi connectivity index (χ4v) is 3.27. The summed E-state index contributed by atoms with van der Waals surface area (Å²) in [7, 11) is 0. The minimum absolute atomic E-state index is 0.151. The number of carboxylic acids is 1. The van der Waals surface area contributed by atoms with Gasteiger partial charge in [-0.25, -0.2) is 4.98 Å². The van der Waals surface area contributed by atoms with Gasteiger partial charge in [0.25, 0.3) is 0 Å². The fourth-order valence-electron chi connectivity index (χ4n) is 3.27. The van der Waals surface area contributed by atoms with E-state index in [9.17, 15) is 18.0 Å². The Morgan fingerprint density at radius 2 is 1.84 bits per heavy atom. The maximum atomic E-state index is 12.8. The first kappa shape index (κ1) is 23.3. The number of aryl methyl sites for hydroxylation is 1. The summed E-state index contributed by atoms with van der Waals surface area (Å²) in [6, 6.07) is 9.86. The molecule has 0 atom stereocenters. The summed E-state index contributed by atoms with van der Waals surface area (Å²) in [6.07, 6.45) is 0.624. The van der Waals surface area contributed by atoms with Crippen molar-refractivity contribution >= 4 is 5.97 Å². The second-order valence-electron chi connectivity index (χ2n) is 7.40. The summed E-state index contributed by atoms with van der Waals surface area (Å²) < 4.78 is 46.3. The number of aliphatic carboxylic acids is 1. The first-order chi connectivity index (χ1) is 15.3. The van der Waals surface area contributed by atoms with Crippen LogP contribution in [0.2, 0.25) is 0 Å². The molecule has 3 rings (SSSR count). The van der Waals surface area contributed by atoms with Gasteiger partial charge in [0.2, 0.25) is 0 Å². The molecule has 0 spiro atoms. The van der Waals surface area contributed by atoms with E-state index in [4.69, 9.17) is 9.84 Å². The average molecular weight is 447 g/mol. The number of nitrogens with zero attached hydrogens (tertiary/aromatic N) is 3. The van der Waals surface area contributed by atoms with Gasteiger partial charge in [-0.05, 0) is 44.4 Å². The van der Waals surface area contributed by atoms with Crippen LogP contribution in [0, 0.1) is 6.92 Å². The second kappa shape index (κ2) is 10.3. The number of imidazole rings is 1. The van der Waals surface area contributed by atoms with Crippen LogP contribution < -0.4 is 4.74 Å². The van der Waals surface area contributed by atoms with Gasteiger partial charge in [0.15, 0.2) is 0 Å². The van der Waals surface area contributed by atoms with Crippen LogP contribution in [0.4, 0.5) is 13.2 Å². The lowest BCUT2D eigenvalue weighted by molar-refractivity contribution is -0.141. The number of rotatable bonds is 10. The van der Waals surface area contributed by atoms with Crippen molar-refractivity contribution in [1.29, 1.82) is 0 Å². The lowest BCUT2D eigenvalue weighted by atomic mass is 10.1. The Morgan fingerprint density at radius 3 is 2.53 bits per heavy atom. The van der Waals surface area contributed by atoms with Crippen molar-refractivity contribution in [2.75, 3.05) is 6.61 Å². The van der Waals surface area contributed by atoms with Crippen molar-refractivity contribution in [2.24, 2.45) is 0 Å². The molecule has 0 aliphatic rings. The van der Waals surface area contributed by atoms with Gasteiger partial charge in [-0.1, -0.05) is 18.2 Å². The van der Waals surface area contributed by atoms with Crippen LogP contribution >= 0.6 is 0 Å². The fraction of sp³-hybridized carbons (Fsp3) is 0.348. The number of para-hydroxylation sites is 1. The number of hydrogen-bond acceptors (Lipinski definition) is 4. The molecule has 170 valence electrons. The molecule has 2 aromatic heterocycles. The monoisotopic (exact) mass is 447 g/mol. The number of unbranched alkanes of at least 4 members (excludes halogenated alkanes) is 2. The van der Waals surface area contributed by atoms with Crippen LogP contribution in [0.3, 0.4) is 0 Å². The summed E-state index contributed by atoms with van der Waals surface area (Å²) in [5.41, 5.74) is 1.30. The first-order valence-corrected chi connectivity index (χ1v) is 10.2. The topological polar surface area (TPSA) is 77.2 Å². The minimum Gasteiger partial charge on any atom is -0.493 e. The Balaban J connectivity index is 1.72. The molecule has 32 heavy (non-hydrogen) atoms. The third kappa shape index (κ3) is 6.09. The predicted molar refractivity (Wildman–Crippen MR) is 112 cm³/mol. The highest BCUT2D eigenvalue weighted by Gasteiger charge is 2.32. The summed E-state index contributed by atoms with van der Waals surface area (Å²) >= 11 is 0. The molecule has 2 heterocycles. The number of pyridine rings is 1. The number of carbonyl (C=O) groups is 1. The maximum absolute atomic E-state index is 12.8. The van der Waals surface area contributed by atoms with Gasteiger partial charge in [-0.2, -0.15) is 13.2 Å². The number of aromatic nitrogens is 3. The average Bonchev–Trinajstić information content (AvgIpc) is 3.11. The minimum atomic E-state index is -4.49. The normalized spacial score (nSPS) is 11.5. The van der Waals surface area contributed by atoms with Gasteiger partial charge >= 0.3 is 12.1 Å². The third-order valence-corrected chi connectivity index (χ3v) is 4.96. The van der Waals surface area contributed by atoms with E-state index in [1.807, 2.05) is 35.8 Å². The van der Waals surface area contributed by atoms with Crippen LogP contribution in [0.15, 0.2) is 48.8 Å². The Bertz CT molecular complexity index is 1050. The quantitative estimate of drug-likeness (QED) is 0.424. The van der Waals surface area contributed by atoms with E-state index in [1.165, 1.54) is 12.3 Å². The Kier molecular flexibility index (Phi) is 7.50. The molecular weight excluding hydrogens is 423 g/mol. The Labute approximate surface area is 183 Å². The van der Waals surface area contributed by atoms with Crippen molar-refractivity contribution in [3.8, 4) is 17.1 Å². The molecule has 6 nitrogen and oxygen atoms in total. The molecule has 0 aliphatic carbocycles. The number of hydrogen-bond donors (Lipinski definition) is 1. The summed E-state index contributed by atoms with van der Waals surface area (Å²) in [6.45, 7) is 2.77. The lowest BCUT2D eigenvalue weighted by Crippen LogP contribution is -2.09. The van der Waals surface area contributed by atoms with E-state index in [0.717, 1.165) is 30.2 Å². The molecule has 9 heteroatoms. The van der Waals surface area contributed by atoms with Crippen molar-refractivity contribution in [3.63, 3.8) is 0 Å². The van der Waals surface area contributed by atoms with Crippen molar-refractivity contribution in [3.05, 3.63) is 65.7 Å². The highest BCUT2D eigenvalue weighted by Crippen LogP contribution is 2.29. The van der Waals surface area contributed by atoms with E-state index in [0.29, 0.717) is 36.7 Å². The Hall–Kier alpha value is -3.36. The van der Waals surface area contributed by atoms with Gasteiger partial charge in [-0.3, -0.25) is 9.78 Å². The molecule has 0 bridgehead atoms. The third-order valence-electron chi connectivity index (χ3n) is 4.96. The number of alkyl halides is 3. The Morgan fingerprint density at radius 1 is 1.06 bits per heavy atom. The number of halogens is 3. The van der Waals surface area contributed by atoms with Crippen LogP contribution in [-0.4, -0.2) is 32.2 Å². The number of benzene rings is 1.